The Labute approximate surface area is 157 Å². The highest BCUT2D eigenvalue weighted by atomic mass is 32.2. The fourth-order valence-corrected chi connectivity index (χ4v) is 5.29. The van der Waals surface area contributed by atoms with E-state index < -0.39 is 39.7 Å². The van der Waals surface area contributed by atoms with Crippen LogP contribution in [0.5, 0.6) is 0 Å². The molecule has 0 aromatic heterocycles. The molecule has 0 unspecified atom stereocenters. The van der Waals surface area contributed by atoms with Crippen molar-refractivity contribution < 1.29 is 27.1 Å². The van der Waals surface area contributed by atoms with Gasteiger partial charge >= 0.3 is 12.0 Å². The first-order chi connectivity index (χ1) is 12.7. The molecule has 7 nitrogen and oxygen atoms in total. The summed E-state index contributed by atoms with van der Waals surface area (Å²) in [7, 11) is -3.22. The maximum absolute atomic E-state index is 13.7. The third-order valence-electron chi connectivity index (χ3n) is 4.78. The van der Waals surface area contributed by atoms with Gasteiger partial charge in [-0.15, -0.1) is 0 Å². The number of allylic oxidation sites excluding steroid dienone is 1. The molecule has 1 aromatic carbocycles. The van der Waals surface area contributed by atoms with Crippen LogP contribution in [0.25, 0.3) is 0 Å². The normalized spacial score (nSPS) is 24.7. The van der Waals surface area contributed by atoms with Gasteiger partial charge in [-0.3, -0.25) is 4.90 Å². The van der Waals surface area contributed by atoms with E-state index in [4.69, 9.17) is 4.74 Å². The predicted octanol–water partition coefficient (Wildman–Crippen LogP) is 1.92. The van der Waals surface area contributed by atoms with Crippen LogP contribution in [0.15, 0.2) is 35.5 Å². The lowest BCUT2D eigenvalue weighted by molar-refractivity contribution is -0.139. The summed E-state index contributed by atoms with van der Waals surface area (Å²) < 4.78 is 42.5. The molecule has 2 atom stereocenters. The van der Waals surface area contributed by atoms with Crippen LogP contribution in [0.2, 0.25) is 0 Å². The Balaban J connectivity index is 2.07. The molecule has 0 saturated carbocycles. The summed E-state index contributed by atoms with van der Waals surface area (Å²) in [6, 6.07) is 3.67. The Hall–Kier alpha value is -2.42. The summed E-state index contributed by atoms with van der Waals surface area (Å²) in [5.41, 5.74) is 0.907. The Morgan fingerprint density at radius 1 is 1.41 bits per heavy atom. The molecule has 1 fully saturated rings. The number of sulfone groups is 1. The number of rotatable bonds is 4. The van der Waals surface area contributed by atoms with Crippen molar-refractivity contribution in [1.29, 1.82) is 0 Å². The van der Waals surface area contributed by atoms with E-state index >= 15 is 0 Å². The molecule has 1 aromatic rings. The Morgan fingerprint density at radius 2 is 2.15 bits per heavy atom. The SMILES string of the molecule is CCOC(=O)C1=C(C)N([C@@H]2CCS(=O)(=O)C2)C(=O)N[C@@H]1c1cccc(F)c1. The Bertz CT molecular complexity index is 912. The molecule has 2 aliphatic heterocycles. The van der Waals surface area contributed by atoms with Crippen LogP contribution >= 0.6 is 0 Å². The second-order valence-corrected chi connectivity index (χ2v) is 8.81. The second kappa shape index (κ2) is 7.30. The first-order valence-corrected chi connectivity index (χ1v) is 10.5. The van der Waals surface area contributed by atoms with Gasteiger partial charge in [0, 0.05) is 5.70 Å². The summed E-state index contributed by atoms with van der Waals surface area (Å²) in [5, 5.41) is 2.70. The van der Waals surface area contributed by atoms with E-state index in [0.29, 0.717) is 17.7 Å². The highest BCUT2D eigenvalue weighted by Gasteiger charge is 2.42. The van der Waals surface area contributed by atoms with Gasteiger partial charge in [-0.25, -0.2) is 22.4 Å². The fraction of sp³-hybridized carbons (Fsp3) is 0.444. The van der Waals surface area contributed by atoms with Crippen molar-refractivity contribution in [3.63, 3.8) is 0 Å². The Kier molecular flexibility index (Phi) is 5.23. The number of amides is 2. The molecular weight excluding hydrogens is 375 g/mol. The van der Waals surface area contributed by atoms with Crippen LogP contribution in [-0.2, 0) is 19.4 Å². The van der Waals surface area contributed by atoms with Gasteiger partial charge in [0.2, 0.25) is 0 Å². The number of carbonyl (C=O) groups is 2. The Morgan fingerprint density at radius 3 is 2.74 bits per heavy atom. The monoisotopic (exact) mass is 396 g/mol. The van der Waals surface area contributed by atoms with Crippen molar-refractivity contribution >= 4 is 21.8 Å². The molecule has 3 rings (SSSR count). The predicted molar refractivity (Wildman–Crippen MR) is 95.9 cm³/mol. The summed E-state index contributed by atoms with van der Waals surface area (Å²) >= 11 is 0. The van der Waals surface area contributed by atoms with Crippen LogP contribution in [0, 0.1) is 5.82 Å². The van der Waals surface area contributed by atoms with Crippen molar-refractivity contribution in [2.45, 2.75) is 32.4 Å². The number of nitrogens with zero attached hydrogens (tertiary/aromatic N) is 1. The number of ether oxygens (including phenoxy) is 1. The van der Waals surface area contributed by atoms with Gasteiger partial charge in [-0.2, -0.15) is 0 Å². The van der Waals surface area contributed by atoms with Gasteiger partial charge in [0.1, 0.15) is 5.82 Å². The van der Waals surface area contributed by atoms with E-state index in [9.17, 15) is 22.4 Å². The van der Waals surface area contributed by atoms with Crippen LogP contribution in [0.1, 0.15) is 31.9 Å². The summed E-state index contributed by atoms with van der Waals surface area (Å²) in [6.45, 7) is 3.38. The zero-order chi connectivity index (χ0) is 19.8. The number of hydrogen-bond donors (Lipinski definition) is 1. The molecule has 146 valence electrons. The topological polar surface area (TPSA) is 92.8 Å². The fourth-order valence-electron chi connectivity index (χ4n) is 3.59. The number of hydrogen-bond acceptors (Lipinski definition) is 5. The lowest BCUT2D eigenvalue weighted by Crippen LogP contribution is -2.52. The standard InChI is InChI=1S/C18H21FN2O5S/c1-3-26-17(22)15-11(2)21(14-7-8-27(24,25)10-14)18(23)20-16(15)12-5-4-6-13(19)9-12/h4-6,9,14,16H,3,7-8,10H2,1-2H3,(H,20,23)/t14-,16-/m1/s1. The van der Waals surface area contributed by atoms with Gasteiger partial charge in [-0.05, 0) is 38.0 Å². The largest absolute Gasteiger partial charge is 0.463 e. The zero-order valence-electron chi connectivity index (χ0n) is 15.1. The van der Waals surface area contributed by atoms with Crippen LogP contribution in [0.3, 0.4) is 0 Å². The molecule has 0 spiro atoms. The van der Waals surface area contributed by atoms with Crippen molar-refractivity contribution in [3.8, 4) is 0 Å². The third kappa shape index (κ3) is 3.83. The molecule has 9 heteroatoms. The maximum atomic E-state index is 13.7. The third-order valence-corrected chi connectivity index (χ3v) is 6.53. The van der Waals surface area contributed by atoms with E-state index in [1.807, 2.05) is 0 Å². The van der Waals surface area contributed by atoms with Crippen molar-refractivity contribution in [2.75, 3.05) is 18.1 Å². The van der Waals surface area contributed by atoms with Crippen LogP contribution in [0.4, 0.5) is 9.18 Å². The number of nitrogens with one attached hydrogen (secondary N) is 1. The molecular formula is C18H21FN2O5S. The average Bonchev–Trinajstić information content (AvgIpc) is 2.94. The second-order valence-electron chi connectivity index (χ2n) is 6.58. The van der Waals surface area contributed by atoms with Crippen LogP contribution in [-0.4, -0.2) is 49.5 Å². The molecule has 0 aliphatic carbocycles. The summed E-state index contributed by atoms with van der Waals surface area (Å²) in [5.74, 6) is -1.28. The highest BCUT2D eigenvalue weighted by molar-refractivity contribution is 7.91. The van der Waals surface area contributed by atoms with Gasteiger partial charge in [0.15, 0.2) is 9.84 Å². The van der Waals surface area contributed by atoms with E-state index in [-0.39, 0.29) is 23.7 Å². The number of benzene rings is 1. The van der Waals surface area contributed by atoms with E-state index in [2.05, 4.69) is 5.32 Å². The highest BCUT2D eigenvalue weighted by Crippen LogP contribution is 2.34. The van der Waals surface area contributed by atoms with Gasteiger partial charge in [0.25, 0.3) is 0 Å². The van der Waals surface area contributed by atoms with Crippen molar-refractivity contribution in [1.82, 2.24) is 10.2 Å². The number of carbonyl (C=O) groups excluding carboxylic acids is 2. The van der Waals surface area contributed by atoms with Gasteiger partial charge in [0.05, 0.1) is 35.8 Å². The molecule has 27 heavy (non-hydrogen) atoms. The molecule has 2 aliphatic rings. The average molecular weight is 396 g/mol. The summed E-state index contributed by atoms with van der Waals surface area (Å²) in [6.07, 6.45) is 0.299. The first kappa shape index (κ1) is 19.3. The van der Waals surface area contributed by atoms with E-state index in [1.54, 1.807) is 19.9 Å². The van der Waals surface area contributed by atoms with Gasteiger partial charge in [-0.1, -0.05) is 12.1 Å². The maximum Gasteiger partial charge on any atom is 0.338 e. The molecule has 1 saturated heterocycles. The molecule has 2 heterocycles. The lowest BCUT2D eigenvalue weighted by atomic mass is 9.94. The first-order valence-electron chi connectivity index (χ1n) is 8.67. The quantitative estimate of drug-likeness (QED) is 0.785. The van der Waals surface area contributed by atoms with Crippen molar-refractivity contribution in [3.05, 3.63) is 46.9 Å². The van der Waals surface area contributed by atoms with Crippen molar-refractivity contribution in [2.24, 2.45) is 0 Å². The van der Waals surface area contributed by atoms with E-state index in [0.717, 1.165) is 0 Å². The molecule has 1 N–H and O–H groups in total. The smallest absolute Gasteiger partial charge is 0.338 e. The summed E-state index contributed by atoms with van der Waals surface area (Å²) in [4.78, 5) is 26.7. The minimum absolute atomic E-state index is 0.00318. The van der Waals surface area contributed by atoms with E-state index in [1.165, 1.54) is 23.1 Å². The molecule has 0 bridgehead atoms. The molecule has 2 amide bonds. The minimum Gasteiger partial charge on any atom is -0.463 e. The number of halogens is 1. The zero-order valence-corrected chi connectivity index (χ0v) is 15.9. The van der Waals surface area contributed by atoms with Gasteiger partial charge < -0.3 is 10.1 Å². The number of esters is 1. The minimum atomic E-state index is -3.22. The number of urea groups is 1. The molecule has 0 radical (unpaired) electrons. The van der Waals surface area contributed by atoms with Crippen LogP contribution < -0.4 is 5.32 Å². The lowest BCUT2D eigenvalue weighted by Gasteiger charge is -2.38.